The van der Waals surface area contributed by atoms with Crippen LogP contribution in [0.4, 0.5) is 0 Å². The molecule has 0 radical (unpaired) electrons. The van der Waals surface area contributed by atoms with Crippen molar-refractivity contribution in [3.63, 3.8) is 0 Å². The Morgan fingerprint density at radius 1 is 1.00 bits per heavy atom. The van der Waals surface area contributed by atoms with Crippen molar-refractivity contribution >= 4 is 23.9 Å². The standard InChI is InChI=1S/C24H28N2O5/c1-17(20-7-5-4-6-8-20)15-25-23(28)16-31-24(29)18(2)26-22(27)14-11-19-9-12-21(30-3)13-10-19/h4-14,17-18H,15-16H2,1-3H3,(H,25,28)(H,26,27)/b14-11+/t17-,18+/m1/s1. The van der Waals surface area contributed by atoms with Gasteiger partial charge in [-0.1, -0.05) is 49.4 Å². The number of carbonyl (C=O) groups excluding carboxylic acids is 3. The average Bonchev–Trinajstić information content (AvgIpc) is 2.80. The minimum absolute atomic E-state index is 0.136. The highest BCUT2D eigenvalue weighted by molar-refractivity contribution is 5.94. The summed E-state index contributed by atoms with van der Waals surface area (Å²) in [6.07, 6.45) is 2.94. The molecular formula is C24H28N2O5. The Hall–Kier alpha value is -3.61. The average molecular weight is 424 g/mol. The van der Waals surface area contributed by atoms with Crippen LogP contribution < -0.4 is 15.4 Å². The quantitative estimate of drug-likeness (QED) is 0.452. The van der Waals surface area contributed by atoms with Gasteiger partial charge in [0.05, 0.1) is 7.11 Å². The number of esters is 1. The lowest BCUT2D eigenvalue weighted by atomic mass is 10.0. The van der Waals surface area contributed by atoms with Gasteiger partial charge in [-0.25, -0.2) is 4.79 Å². The van der Waals surface area contributed by atoms with Crippen LogP contribution >= 0.6 is 0 Å². The SMILES string of the molecule is COc1ccc(/C=C/C(=O)N[C@@H](C)C(=O)OCC(=O)NC[C@@H](C)c2ccccc2)cc1. The van der Waals surface area contributed by atoms with E-state index < -0.39 is 30.4 Å². The molecule has 0 aliphatic heterocycles. The molecule has 2 aromatic rings. The molecule has 0 saturated heterocycles. The van der Waals surface area contributed by atoms with Crippen molar-refractivity contribution in [1.82, 2.24) is 10.6 Å². The molecule has 2 atom stereocenters. The summed E-state index contributed by atoms with van der Waals surface area (Å²) in [6, 6.07) is 16.1. The Morgan fingerprint density at radius 2 is 1.68 bits per heavy atom. The summed E-state index contributed by atoms with van der Waals surface area (Å²) in [5.41, 5.74) is 1.92. The number of amides is 2. The second kappa shape index (κ2) is 12.2. The van der Waals surface area contributed by atoms with E-state index in [1.54, 1.807) is 37.5 Å². The third kappa shape index (κ3) is 8.34. The first kappa shape index (κ1) is 23.7. The molecule has 0 bridgehead atoms. The Balaban J connectivity index is 1.70. The minimum atomic E-state index is -0.885. The lowest BCUT2D eigenvalue weighted by Gasteiger charge is -2.14. The van der Waals surface area contributed by atoms with E-state index in [1.165, 1.54) is 13.0 Å². The van der Waals surface area contributed by atoms with Gasteiger partial charge in [0.1, 0.15) is 11.8 Å². The summed E-state index contributed by atoms with van der Waals surface area (Å²) < 4.78 is 10.1. The van der Waals surface area contributed by atoms with Crippen LogP contribution in [0.2, 0.25) is 0 Å². The monoisotopic (exact) mass is 424 g/mol. The molecule has 0 heterocycles. The first-order valence-electron chi connectivity index (χ1n) is 10.00. The van der Waals surface area contributed by atoms with Crippen molar-refractivity contribution in [2.24, 2.45) is 0 Å². The van der Waals surface area contributed by atoms with Crippen LogP contribution in [-0.4, -0.2) is 44.1 Å². The van der Waals surface area contributed by atoms with Gasteiger partial charge in [-0.3, -0.25) is 9.59 Å². The molecule has 7 nitrogen and oxygen atoms in total. The maximum absolute atomic E-state index is 12.0. The topological polar surface area (TPSA) is 93.7 Å². The van der Waals surface area contributed by atoms with E-state index in [0.29, 0.717) is 6.54 Å². The molecule has 2 N–H and O–H groups in total. The third-order valence-electron chi connectivity index (χ3n) is 4.57. The van der Waals surface area contributed by atoms with Crippen molar-refractivity contribution in [3.05, 3.63) is 71.8 Å². The summed E-state index contributed by atoms with van der Waals surface area (Å²) in [5.74, 6) is -0.666. The number of hydrogen-bond donors (Lipinski definition) is 2. The van der Waals surface area contributed by atoms with Gasteiger partial charge in [0.15, 0.2) is 6.61 Å². The van der Waals surface area contributed by atoms with Crippen molar-refractivity contribution in [2.75, 3.05) is 20.3 Å². The normalized spacial score (nSPS) is 12.6. The fraction of sp³-hybridized carbons (Fsp3) is 0.292. The van der Waals surface area contributed by atoms with Crippen LogP contribution in [0.1, 0.15) is 30.9 Å². The number of benzene rings is 2. The van der Waals surface area contributed by atoms with Crippen molar-refractivity contribution < 1.29 is 23.9 Å². The number of rotatable bonds is 10. The lowest BCUT2D eigenvalue weighted by Crippen LogP contribution is -2.40. The van der Waals surface area contributed by atoms with E-state index in [0.717, 1.165) is 16.9 Å². The van der Waals surface area contributed by atoms with Crippen molar-refractivity contribution in [1.29, 1.82) is 0 Å². The van der Waals surface area contributed by atoms with Crippen LogP contribution in [0.5, 0.6) is 5.75 Å². The number of ether oxygens (including phenoxy) is 2. The largest absolute Gasteiger partial charge is 0.497 e. The second-order valence-electron chi connectivity index (χ2n) is 7.06. The third-order valence-corrected chi connectivity index (χ3v) is 4.57. The Kier molecular flexibility index (Phi) is 9.29. The first-order valence-corrected chi connectivity index (χ1v) is 10.00. The van der Waals surface area contributed by atoms with Crippen molar-refractivity contribution in [3.8, 4) is 5.75 Å². The van der Waals surface area contributed by atoms with Crippen LogP contribution in [0.25, 0.3) is 6.08 Å². The maximum atomic E-state index is 12.0. The summed E-state index contributed by atoms with van der Waals surface area (Å²) in [7, 11) is 1.58. The Morgan fingerprint density at radius 3 is 2.32 bits per heavy atom. The molecule has 0 unspecified atom stereocenters. The highest BCUT2D eigenvalue weighted by atomic mass is 16.5. The summed E-state index contributed by atoms with van der Waals surface area (Å²) in [5, 5.41) is 5.25. The zero-order valence-electron chi connectivity index (χ0n) is 18.0. The van der Waals surface area contributed by atoms with Crippen LogP contribution in [0, 0.1) is 0 Å². The molecule has 0 fully saturated rings. The molecule has 0 aromatic heterocycles. The summed E-state index contributed by atoms with van der Waals surface area (Å²) in [4.78, 5) is 36.0. The summed E-state index contributed by atoms with van der Waals surface area (Å²) >= 11 is 0. The van der Waals surface area contributed by atoms with E-state index in [9.17, 15) is 14.4 Å². The maximum Gasteiger partial charge on any atom is 0.328 e. The molecular weight excluding hydrogens is 396 g/mol. The molecule has 0 aliphatic rings. The molecule has 0 spiro atoms. The number of hydrogen-bond acceptors (Lipinski definition) is 5. The Labute approximate surface area is 182 Å². The zero-order chi connectivity index (χ0) is 22.6. The van der Waals surface area contributed by atoms with Gasteiger partial charge in [-0.15, -0.1) is 0 Å². The van der Waals surface area contributed by atoms with E-state index in [4.69, 9.17) is 9.47 Å². The van der Waals surface area contributed by atoms with E-state index >= 15 is 0 Å². The number of carbonyl (C=O) groups is 3. The van der Waals surface area contributed by atoms with Gasteiger partial charge in [-0.2, -0.15) is 0 Å². The molecule has 0 saturated carbocycles. The molecule has 2 rings (SSSR count). The molecule has 2 amide bonds. The van der Waals surface area contributed by atoms with E-state index in [2.05, 4.69) is 10.6 Å². The highest BCUT2D eigenvalue weighted by Crippen LogP contribution is 2.13. The molecule has 0 aliphatic carbocycles. The predicted octanol–water partition coefficient (Wildman–Crippen LogP) is 2.68. The first-order chi connectivity index (χ1) is 14.9. The second-order valence-corrected chi connectivity index (χ2v) is 7.06. The van der Waals surface area contributed by atoms with Gasteiger partial charge in [0.25, 0.3) is 5.91 Å². The van der Waals surface area contributed by atoms with Gasteiger partial charge < -0.3 is 20.1 Å². The number of methoxy groups -OCH3 is 1. The van der Waals surface area contributed by atoms with Gasteiger partial charge >= 0.3 is 5.97 Å². The van der Waals surface area contributed by atoms with Crippen LogP contribution in [-0.2, 0) is 19.1 Å². The molecule has 2 aromatic carbocycles. The van der Waals surface area contributed by atoms with E-state index in [1.807, 2.05) is 37.3 Å². The van der Waals surface area contributed by atoms with Crippen molar-refractivity contribution in [2.45, 2.75) is 25.8 Å². The smallest absolute Gasteiger partial charge is 0.328 e. The fourth-order valence-corrected chi connectivity index (χ4v) is 2.69. The van der Waals surface area contributed by atoms with E-state index in [-0.39, 0.29) is 5.92 Å². The van der Waals surface area contributed by atoms with Crippen LogP contribution in [0.15, 0.2) is 60.7 Å². The molecule has 31 heavy (non-hydrogen) atoms. The van der Waals surface area contributed by atoms with Gasteiger partial charge in [0.2, 0.25) is 5.91 Å². The molecule has 164 valence electrons. The van der Waals surface area contributed by atoms with Crippen LogP contribution in [0.3, 0.4) is 0 Å². The Bertz CT molecular complexity index is 894. The van der Waals surface area contributed by atoms with Gasteiger partial charge in [-0.05, 0) is 42.2 Å². The molecule has 7 heteroatoms. The van der Waals surface area contributed by atoms with Gasteiger partial charge in [0, 0.05) is 12.6 Å². The lowest BCUT2D eigenvalue weighted by molar-refractivity contribution is -0.151. The minimum Gasteiger partial charge on any atom is -0.497 e. The summed E-state index contributed by atoms with van der Waals surface area (Å²) in [6.45, 7) is 3.53. The fourth-order valence-electron chi connectivity index (χ4n) is 2.69. The zero-order valence-corrected chi connectivity index (χ0v) is 18.0. The highest BCUT2D eigenvalue weighted by Gasteiger charge is 2.17. The predicted molar refractivity (Wildman–Crippen MR) is 118 cm³/mol. The number of nitrogens with one attached hydrogen (secondary N) is 2.